The number of ether oxygens (including phenoxy) is 1. The summed E-state index contributed by atoms with van der Waals surface area (Å²) in [5, 5.41) is 23.7. The van der Waals surface area contributed by atoms with Gasteiger partial charge in [-0.25, -0.2) is 0 Å². The normalized spacial score (nSPS) is 13.7. The summed E-state index contributed by atoms with van der Waals surface area (Å²) in [6.07, 6.45) is 62.9. The third-order valence-corrected chi connectivity index (χ3v) is 12.2. The minimum Gasteiger partial charge on any atom is -0.462 e. The molecule has 3 atom stereocenters. The molecular weight excluding hydrogens is 779 g/mol. The van der Waals surface area contributed by atoms with E-state index in [0.29, 0.717) is 19.3 Å². The summed E-state index contributed by atoms with van der Waals surface area (Å²) in [6.45, 7) is 6.38. The van der Waals surface area contributed by atoms with Crippen LogP contribution >= 0.6 is 0 Å². The van der Waals surface area contributed by atoms with Gasteiger partial charge in [0.1, 0.15) is 6.10 Å². The molecule has 0 saturated heterocycles. The molecule has 3 unspecified atom stereocenters. The smallest absolute Gasteiger partial charge is 0.306 e. The summed E-state index contributed by atoms with van der Waals surface area (Å²) in [6, 6.07) is -0.715. The van der Waals surface area contributed by atoms with Gasteiger partial charge in [-0.2, -0.15) is 0 Å². The molecule has 0 spiro atoms. The number of amides is 1. The summed E-state index contributed by atoms with van der Waals surface area (Å²) in [5.74, 6) is -0.509. The molecule has 3 N–H and O–H groups in total. The molecular formula is C57H103NO5. The van der Waals surface area contributed by atoms with Crippen LogP contribution in [0.15, 0.2) is 60.8 Å². The van der Waals surface area contributed by atoms with Crippen LogP contribution in [0.3, 0.4) is 0 Å². The Hall–Kier alpha value is -2.44. The molecule has 6 heteroatoms. The number of allylic oxidation sites excluding steroid dienone is 10. The highest BCUT2D eigenvalue weighted by molar-refractivity contribution is 5.77. The molecule has 0 heterocycles. The van der Waals surface area contributed by atoms with Crippen LogP contribution < -0.4 is 5.32 Å². The zero-order valence-electron chi connectivity index (χ0n) is 41.7. The van der Waals surface area contributed by atoms with E-state index in [1.54, 1.807) is 0 Å². The molecule has 6 nitrogen and oxygen atoms in total. The van der Waals surface area contributed by atoms with E-state index in [4.69, 9.17) is 4.74 Å². The first-order valence-electron chi connectivity index (χ1n) is 27.1. The van der Waals surface area contributed by atoms with Gasteiger partial charge in [-0.3, -0.25) is 9.59 Å². The number of nitrogens with one attached hydrogen (secondary N) is 1. The lowest BCUT2D eigenvalue weighted by Crippen LogP contribution is -2.46. The molecule has 0 saturated carbocycles. The van der Waals surface area contributed by atoms with E-state index in [0.717, 1.165) is 70.6 Å². The lowest BCUT2D eigenvalue weighted by molar-refractivity contribution is -0.151. The largest absolute Gasteiger partial charge is 0.462 e. The number of hydrogen-bond donors (Lipinski definition) is 3. The van der Waals surface area contributed by atoms with E-state index >= 15 is 0 Å². The maximum absolute atomic E-state index is 13.2. The standard InChI is InChI=1S/C57H103NO5/c1-4-7-10-13-16-19-21-23-25-27-28-29-31-33-35-38-41-44-47-50-57(62)63-53(48-45-42-39-37-34-32-30-26-24-22-20-17-14-11-8-5-2)51-56(61)58-54(52-59)55(60)49-46-43-40-36-18-15-12-9-6-3/h11,14,17,20,22,24,26,30,32,34,53-55,59-60H,4-10,12-13,15-16,18-19,21,23,25,27-29,31,33,35-52H2,1-3H3,(H,58,61)/b14-11+,20-17+,24-22+,30-26+,34-32+. The second-order valence-corrected chi connectivity index (χ2v) is 18.4. The highest BCUT2D eigenvalue weighted by Gasteiger charge is 2.24. The third-order valence-electron chi connectivity index (χ3n) is 12.2. The van der Waals surface area contributed by atoms with Gasteiger partial charge in [0.2, 0.25) is 5.91 Å². The number of aliphatic hydroxyl groups excluding tert-OH is 2. The van der Waals surface area contributed by atoms with Crippen LogP contribution in [0.2, 0.25) is 0 Å². The summed E-state index contributed by atoms with van der Waals surface area (Å²) >= 11 is 0. The molecule has 0 bridgehead atoms. The summed E-state index contributed by atoms with van der Waals surface area (Å²) < 4.78 is 5.93. The minimum absolute atomic E-state index is 0.0502. The SMILES string of the molecule is CCC/C=C/C=C/C=C/C=C/C=C/CCCCCC(CC(=O)NC(CO)C(O)CCCCCCCCCCC)OC(=O)CCCCCCCCCCCCCCCCCCCCC. The van der Waals surface area contributed by atoms with Crippen molar-refractivity contribution in [1.29, 1.82) is 0 Å². The Morgan fingerprint density at radius 2 is 0.841 bits per heavy atom. The number of aliphatic hydroxyl groups is 2. The van der Waals surface area contributed by atoms with Crippen molar-refractivity contribution in [3.05, 3.63) is 60.8 Å². The number of hydrogen-bond acceptors (Lipinski definition) is 5. The lowest BCUT2D eigenvalue weighted by Gasteiger charge is -2.24. The Kier molecular flexibility index (Phi) is 48.6. The molecule has 63 heavy (non-hydrogen) atoms. The van der Waals surface area contributed by atoms with Crippen LogP contribution in [0.1, 0.15) is 265 Å². The van der Waals surface area contributed by atoms with Gasteiger partial charge in [-0.15, -0.1) is 0 Å². The number of unbranched alkanes of at least 4 members (excludes halogenated alkanes) is 30. The quantitative estimate of drug-likeness (QED) is 0.0321. The second kappa shape index (κ2) is 50.6. The molecule has 0 rings (SSSR count). The maximum atomic E-state index is 13.2. The first-order chi connectivity index (χ1) is 31.0. The Balaban J connectivity index is 4.59. The van der Waals surface area contributed by atoms with Crippen molar-refractivity contribution in [2.24, 2.45) is 0 Å². The molecule has 0 aromatic rings. The molecule has 0 fully saturated rings. The van der Waals surface area contributed by atoms with Crippen LogP contribution in [-0.2, 0) is 14.3 Å². The Labute approximate surface area is 390 Å². The van der Waals surface area contributed by atoms with Gasteiger partial charge >= 0.3 is 5.97 Å². The van der Waals surface area contributed by atoms with Gasteiger partial charge in [-0.05, 0) is 44.9 Å². The van der Waals surface area contributed by atoms with Gasteiger partial charge < -0.3 is 20.3 Å². The monoisotopic (exact) mass is 882 g/mol. The Morgan fingerprint density at radius 3 is 1.29 bits per heavy atom. The highest BCUT2D eigenvalue weighted by atomic mass is 16.5. The molecule has 0 radical (unpaired) electrons. The fraction of sp³-hybridized carbons (Fsp3) is 0.789. The number of rotatable bonds is 48. The summed E-state index contributed by atoms with van der Waals surface area (Å²) in [7, 11) is 0. The average molecular weight is 882 g/mol. The van der Waals surface area contributed by atoms with Crippen LogP contribution in [0, 0.1) is 0 Å². The first kappa shape index (κ1) is 60.6. The molecule has 366 valence electrons. The number of esters is 1. The van der Waals surface area contributed by atoms with Crippen molar-refractivity contribution in [1.82, 2.24) is 5.32 Å². The zero-order valence-corrected chi connectivity index (χ0v) is 41.7. The van der Waals surface area contributed by atoms with E-state index < -0.39 is 18.2 Å². The molecule has 0 aliphatic carbocycles. The molecule has 0 aliphatic heterocycles. The van der Waals surface area contributed by atoms with Crippen molar-refractivity contribution in [2.45, 2.75) is 283 Å². The molecule has 0 aliphatic rings. The van der Waals surface area contributed by atoms with Crippen molar-refractivity contribution < 1.29 is 24.5 Å². The summed E-state index contributed by atoms with van der Waals surface area (Å²) in [4.78, 5) is 26.2. The summed E-state index contributed by atoms with van der Waals surface area (Å²) in [5.41, 5.74) is 0. The molecule has 1 amide bonds. The van der Waals surface area contributed by atoms with E-state index in [-0.39, 0.29) is 24.9 Å². The van der Waals surface area contributed by atoms with Gasteiger partial charge in [-0.1, -0.05) is 268 Å². The Morgan fingerprint density at radius 1 is 0.460 bits per heavy atom. The molecule has 0 aromatic carbocycles. The predicted octanol–water partition coefficient (Wildman–Crippen LogP) is 16.4. The second-order valence-electron chi connectivity index (χ2n) is 18.4. The maximum Gasteiger partial charge on any atom is 0.306 e. The molecule has 0 aromatic heterocycles. The van der Waals surface area contributed by atoms with E-state index in [1.165, 1.54) is 148 Å². The zero-order chi connectivity index (χ0) is 45.9. The van der Waals surface area contributed by atoms with Gasteiger partial charge in [0.25, 0.3) is 0 Å². The predicted molar refractivity (Wildman–Crippen MR) is 273 cm³/mol. The van der Waals surface area contributed by atoms with Crippen LogP contribution in [0.5, 0.6) is 0 Å². The topological polar surface area (TPSA) is 95.9 Å². The number of carbonyl (C=O) groups is 2. The van der Waals surface area contributed by atoms with Crippen molar-refractivity contribution in [3.63, 3.8) is 0 Å². The van der Waals surface area contributed by atoms with E-state index in [9.17, 15) is 19.8 Å². The van der Waals surface area contributed by atoms with Crippen LogP contribution in [0.4, 0.5) is 0 Å². The fourth-order valence-electron chi connectivity index (χ4n) is 8.11. The fourth-order valence-corrected chi connectivity index (χ4v) is 8.11. The van der Waals surface area contributed by atoms with Gasteiger partial charge in [0.15, 0.2) is 0 Å². The average Bonchev–Trinajstić information content (AvgIpc) is 3.28. The van der Waals surface area contributed by atoms with Gasteiger partial charge in [0.05, 0.1) is 25.2 Å². The van der Waals surface area contributed by atoms with Gasteiger partial charge in [0, 0.05) is 6.42 Å². The lowest BCUT2D eigenvalue weighted by atomic mass is 10.0. The van der Waals surface area contributed by atoms with Crippen molar-refractivity contribution >= 4 is 11.9 Å². The first-order valence-corrected chi connectivity index (χ1v) is 27.1. The van der Waals surface area contributed by atoms with Crippen LogP contribution in [0.25, 0.3) is 0 Å². The van der Waals surface area contributed by atoms with E-state index in [2.05, 4.69) is 50.4 Å². The minimum atomic E-state index is -0.799. The van der Waals surface area contributed by atoms with E-state index in [1.807, 2.05) is 36.5 Å². The highest BCUT2D eigenvalue weighted by Crippen LogP contribution is 2.18. The van der Waals surface area contributed by atoms with Crippen molar-refractivity contribution in [3.8, 4) is 0 Å². The van der Waals surface area contributed by atoms with Crippen LogP contribution in [-0.4, -0.2) is 46.9 Å². The Bertz CT molecular complexity index is 1130. The number of carbonyl (C=O) groups excluding carboxylic acids is 2. The van der Waals surface area contributed by atoms with Crippen molar-refractivity contribution in [2.75, 3.05) is 6.61 Å². The third kappa shape index (κ3) is 45.9.